The normalized spacial score (nSPS) is 24.0. The second kappa shape index (κ2) is 11.9. The van der Waals surface area contributed by atoms with E-state index in [1.807, 2.05) is 35.2 Å². The summed E-state index contributed by atoms with van der Waals surface area (Å²) < 4.78 is 0. The fourth-order valence-electron chi connectivity index (χ4n) is 4.23. The van der Waals surface area contributed by atoms with Gasteiger partial charge in [-0.25, -0.2) is 0 Å². The van der Waals surface area contributed by atoms with E-state index in [2.05, 4.69) is 17.1 Å². The topological polar surface area (TPSA) is 78.7 Å². The van der Waals surface area contributed by atoms with Gasteiger partial charge in [0, 0.05) is 32.2 Å². The Morgan fingerprint density at radius 2 is 1.60 bits per heavy atom. The van der Waals surface area contributed by atoms with Crippen molar-refractivity contribution in [2.45, 2.75) is 51.1 Å². The quantitative estimate of drug-likeness (QED) is 0.710. The van der Waals surface area contributed by atoms with E-state index in [4.69, 9.17) is 5.73 Å². The molecule has 170 valence electrons. The van der Waals surface area contributed by atoms with Gasteiger partial charge in [-0.1, -0.05) is 37.3 Å². The Kier molecular flexibility index (Phi) is 10.6. The van der Waals surface area contributed by atoms with Crippen LogP contribution in [0.2, 0.25) is 0 Å². The second-order valence-electron chi connectivity index (χ2n) is 8.66. The van der Waals surface area contributed by atoms with Crippen LogP contribution < -0.4 is 11.1 Å². The molecule has 0 radical (unpaired) electrons. The van der Waals surface area contributed by atoms with Crippen molar-refractivity contribution in [3.05, 3.63) is 35.9 Å². The van der Waals surface area contributed by atoms with Gasteiger partial charge in [-0.3, -0.25) is 14.5 Å². The summed E-state index contributed by atoms with van der Waals surface area (Å²) in [5, 5.41) is 3.19. The van der Waals surface area contributed by atoms with Gasteiger partial charge in [0.25, 0.3) is 0 Å². The summed E-state index contributed by atoms with van der Waals surface area (Å²) in [6.45, 7) is 7.07. The minimum atomic E-state index is -1.03. The molecule has 1 aromatic rings. The van der Waals surface area contributed by atoms with E-state index in [9.17, 15) is 9.59 Å². The van der Waals surface area contributed by atoms with Gasteiger partial charge in [0.15, 0.2) is 0 Å². The summed E-state index contributed by atoms with van der Waals surface area (Å²) in [5.41, 5.74) is 6.17. The predicted molar refractivity (Wildman–Crippen MR) is 125 cm³/mol. The monoisotopic (exact) mass is 458 g/mol. The van der Waals surface area contributed by atoms with Crippen molar-refractivity contribution in [3.8, 4) is 0 Å². The van der Waals surface area contributed by atoms with Crippen molar-refractivity contribution in [2.75, 3.05) is 32.7 Å². The Hall–Kier alpha value is -1.34. The summed E-state index contributed by atoms with van der Waals surface area (Å²) in [5.74, 6) is 0.828. The number of hydrogen-bond donors (Lipinski definition) is 2. The van der Waals surface area contributed by atoms with Crippen molar-refractivity contribution in [2.24, 2.45) is 11.7 Å². The average molecular weight is 459 g/mol. The van der Waals surface area contributed by atoms with Crippen molar-refractivity contribution < 1.29 is 9.59 Å². The highest BCUT2D eigenvalue weighted by atomic mass is 35.5. The average Bonchev–Trinajstić information content (AvgIpc) is 2.70. The maximum atomic E-state index is 12.9. The molecule has 1 aliphatic carbocycles. The Morgan fingerprint density at radius 3 is 2.17 bits per heavy atom. The van der Waals surface area contributed by atoms with E-state index in [0.29, 0.717) is 38.8 Å². The molecule has 1 saturated carbocycles. The second-order valence-corrected chi connectivity index (χ2v) is 8.66. The first-order valence-electron chi connectivity index (χ1n) is 10.5. The maximum absolute atomic E-state index is 12.9. The molecular formula is C22H36Cl2N4O2. The summed E-state index contributed by atoms with van der Waals surface area (Å²) >= 11 is 0. The molecule has 8 heteroatoms. The number of amides is 2. The van der Waals surface area contributed by atoms with Crippen LogP contribution in [0.3, 0.4) is 0 Å². The zero-order chi connectivity index (χ0) is 20.1. The van der Waals surface area contributed by atoms with Gasteiger partial charge in [0.2, 0.25) is 11.8 Å². The van der Waals surface area contributed by atoms with Crippen LogP contribution in [-0.2, 0) is 15.1 Å². The molecule has 2 amide bonds. The number of hydrogen-bond acceptors (Lipinski definition) is 4. The zero-order valence-electron chi connectivity index (χ0n) is 18.0. The third kappa shape index (κ3) is 6.84. The number of rotatable bonds is 5. The van der Waals surface area contributed by atoms with E-state index in [-0.39, 0.29) is 36.6 Å². The van der Waals surface area contributed by atoms with E-state index >= 15 is 0 Å². The molecule has 3 rings (SSSR count). The lowest BCUT2D eigenvalue weighted by Crippen LogP contribution is -2.57. The minimum Gasteiger partial charge on any atom is -0.352 e. The first-order valence-corrected chi connectivity index (χ1v) is 10.5. The molecule has 0 bridgehead atoms. The van der Waals surface area contributed by atoms with Gasteiger partial charge in [-0.2, -0.15) is 0 Å². The Labute approximate surface area is 192 Å². The lowest BCUT2D eigenvalue weighted by Gasteiger charge is -2.38. The van der Waals surface area contributed by atoms with Crippen molar-refractivity contribution in [1.82, 2.24) is 15.1 Å². The molecule has 1 unspecified atom stereocenters. The number of nitrogens with two attached hydrogens (primary N) is 1. The van der Waals surface area contributed by atoms with E-state index in [0.717, 1.165) is 24.3 Å². The van der Waals surface area contributed by atoms with Crippen molar-refractivity contribution in [3.63, 3.8) is 0 Å². The fraction of sp³-hybridized carbons (Fsp3) is 0.636. The van der Waals surface area contributed by atoms with Gasteiger partial charge in [0.05, 0.1) is 6.54 Å². The molecule has 1 aromatic carbocycles. The maximum Gasteiger partial charge on any atom is 0.247 e. The largest absolute Gasteiger partial charge is 0.352 e. The van der Waals surface area contributed by atoms with Gasteiger partial charge in [0.1, 0.15) is 5.54 Å². The number of benzene rings is 1. The lowest BCUT2D eigenvalue weighted by atomic mass is 9.87. The highest BCUT2D eigenvalue weighted by Gasteiger charge is 2.36. The smallest absolute Gasteiger partial charge is 0.247 e. The molecule has 0 spiro atoms. The summed E-state index contributed by atoms with van der Waals surface area (Å²) in [4.78, 5) is 29.3. The van der Waals surface area contributed by atoms with E-state index < -0.39 is 5.54 Å². The van der Waals surface area contributed by atoms with Gasteiger partial charge in [-0.05, 0) is 44.1 Å². The molecule has 1 heterocycles. The number of carbonyl (C=O) groups is 2. The van der Waals surface area contributed by atoms with Crippen LogP contribution in [0.15, 0.2) is 30.3 Å². The van der Waals surface area contributed by atoms with Crippen LogP contribution in [0.25, 0.3) is 0 Å². The van der Waals surface area contributed by atoms with E-state index in [1.54, 1.807) is 6.92 Å². The molecule has 1 atom stereocenters. The number of nitrogens with one attached hydrogen (secondary N) is 1. The third-order valence-electron chi connectivity index (χ3n) is 6.23. The first-order chi connectivity index (χ1) is 13.4. The highest BCUT2D eigenvalue weighted by molar-refractivity contribution is 5.87. The van der Waals surface area contributed by atoms with Crippen LogP contribution >= 0.6 is 24.8 Å². The van der Waals surface area contributed by atoms with Crippen LogP contribution in [0.5, 0.6) is 0 Å². The zero-order valence-corrected chi connectivity index (χ0v) is 19.6. The third-order valence-corrected chi connectivity index (χ3v) is 6.23. The first kappa shape index (κ1) is 26.7. The van der Waals surface area contributed by atoms with Crippen LogP contribution in [0.4, 0.5) is 0 Å². The van der Waals surface area contributed by atoms with Gasteiger partial charge >= 0.3 is 0 Å². The molecule has 30 heavy (non-hydrogen) atoms. The molecule has 1 aliphatic heterocycles. The van der Waals surface area contributed by atoms with Crippen molar-refractivity contribution in [1.29, 1.82) is 0 Å². The van der Waals surface area contributed by atoms with Gasteiger partial charge < -0.3 is 16.0 Å². The number of carbonyl (C=O) groups excluding carboxylic acids is 2. The molecule has 2 aliphatic rings. The Morgan fingerprint density at radius 1 is 1.03 bits per heavy atom. The Bertz CT molecular complexity index is 671. The molecule has 3 N–H and O–H groups in total. The summed E-state index contributed by atoms with van der Waals surface area (Å²) in [6, 6.07) is 9.83. The van der Waals surface area contributed by atoms with Crippen LogP contribution in [0.1, 0.15) is 45.1 Å². The number of piperazine rings is 1. The molecule has 2 fully saturated rings. The fourth-order valence-corrected chi connectivity index (χ4v) is 4.23. The molecule has 6 nitrogen and oxygen atoms in total. The summed E-state index contributed by atoms with van der Waals surface area (Å²) in [7, 11) is 0. The highest BCUT2D eigenvalue weighted by Crippen LogP contribution is 2.23. The van der Waals surface area contributed by atoms with Gasteiger partial charge in [-0.15, -0.1) is 24.8 Å². The van der Waals surface area contributed by atoms with Crippen LogP contribution in [0, 0.1) is 5.92 Å². The SMILES string of the molecule is CC1CCC(NC(=O)CN2CCN(C(=O)C(C)(N)c3ccccc3)CC2)CC1.Cl.Cl. The molecular weight excluding hydrogens is 423 g/mol. The van der Waals surface area contributed by atoms with Crippen LogP contribution in [-0.4, -0.2) is 60.4 Å². The standard InChI is InChI=1S/C22H34N4O2.2ClH/c1-17-8-10-19(11-9-17)24-20(27)16-25-12-14-26(15-13-25)21(28)22(2,23)18-6-4-3-5-7-18;;/h3-7,17,19H,8-16,23H2,1-2H3,(H,24,27);2*1H. The minimum absolute atomic E-state index is 0. The Balaban J connectivity index is 0.00000225. The number of nitrogens with zero attached hydrogens (tertiary/aromatic N) is 2. The summed E-state index contributed by atoms with van der Waals surface area (Å²) in [6.07, 6.45) is 4.57. The molecule has 0 aromatic heterocycles. The van der Waals surface area contributed by atoms with E-state index in [1.165, 1.54) is 12.8 Å². The lowest BCUT2D eigenvalue weighted by molar-refractivity contribution is -0.138. The van der Waals surface area contributed by atoms with Crippen molar-refractivity contribution >= 4 is 36.6 Å². The molecule has 1 saturated heterocycles. The number of halogens is 2. The predicted octanol–water partition coefficient (Wildman–Crippen LogP) is 2.54.